The molecule has 7 heteroatoms. The minimum absolute atomic E-state index is 0.0317. The van der Waals surface area contributed by atoms with Gasteiger partial charge in [0.25, 0.3) is 0 Å². The van der Waals surface area contributed by atoms with Gasteiger partial charge in [-0.1, -0.05) is 24.3 Å². The summed E-state index contributed by atoms with van der Waals surface area (Å²) < 4.78 is 40.1. The fourth-order valence-electron chi connectivity index (χ4n) is 1.88. The number of para-hydroxylation sites is 1. The molecule has 0 aliphatic rings. The van der Waals surface area contributed by atoms with Gasteiger partial charge in [0.1, 0.15) is 5.69 Å². The van der Waals surface area contributed by atoms with Gasteiger partial charge in [-0.05, 0) is 18.6 Å². The van der Waals surface area contributed by atoms with E-state index in [1.807, 2.05) is 6.92 Å². The number of benzene rings is 1. The number of hydrogen-bond donors (Lipinski definition) is 0. The van der Waals surface area contributed by atoms with Crippen molar-refractivity contribution in [2.24, 2.45) is 0 Å². The van der Waals surface area contributed by atoms with Crippen LogP contribution in [0.4, 0.5) is 13.2 Å². The molecule has 0 unspecified atom stereocenters. The molecular formula is C12H11ClF3N3. The highest BCUT2D eigenvalue weighted by Crippen LogP contribution is 2.34. The molecule has 0 aliphatic heterocycles. The molecule has 1 heterocycles. The third kappa shape index (κ3) is 2.58. The molecule has 2 rings (SSSR count). The SMILES string of the molecule is CCc1c(CCl)nnn1-c1ccccc1C(F)(F)F. The van der Waals surface area contributed by atoms with E-state index in [0.717, 1.165) is 6.07 Å². The Kier molecular flexibility index (Phi) is 3.80. The maximum Gasteiger partial charge on any atom is 0.418 e. The molecule has 3 nitrogen and oxygen atoms in total. The van der Waals surface area contributed by atoms with Crippen LogP contribution in [-0.4, -0.2) is 15.0 Å². The molecule has 0 saturated heterocycles. The fourth-order valence-corrected chi connectivity index (χ4v) is 2.09. The Morgan fingerprint density at radius 2 is 1.95 bits per heavy atom. The lowest BCUT2D eigenvalue weighted by Gasteiger charge is -2.13. The lowest BCUT2D eigenvalue weighted by Crippen LogP contribution is -2.13. The van der Waals surface area contributed by atoms with Crippen LogP contribution in [0.5, 0.6) is 0 Å². The molecule has 1 aromatic heterocycles. The zero-order valence-electron chi connectivity index (χ0n) is 10.1. The van der Waals surface area contributed by atoms with Crippen molar-refractivity contribution >= 4 is 11.6 Å². The third-order valence-corrected chi connectivity index (χ3v) is 3.00. The van der Waals surface area contributed by atoms with Crippen LogP contribution in [0.1, 0.15) is 23.9 Å². The predicted molar refractivity (Wildman–Crippen MR) is 65.3 cm³/mol. The minimum Gasteiger partial charge on any atom is -0.217 e. The topological polar surface area (TPSA) is 30.7 Å². The second-order valence-electron chi connectivity index (χ2n) is 3.90. The highest BCUT2D eigenvalue weighted by molar-refractivity contribution is 6.16. The van der Waals surface area contributed by atoms with Crippen molar-refractivity contribution < 1.29 is 13.2 Å². The molecular weight excluding hydrogens is 279 g/mol. The van der Waals surface area contributed by atoms with Crippen LogP contribution >= 0.6 is 11.6 Å². The summed E-state index contributed by atoms with van der Waals surface area (Å²) in [5.74, 6) is 0.122. The molecule has 19 heavy (non-hydrogen) atoms. The van der Waals surface area contributed by atoms with E-state index in [1.54, 1.807) is 0 Å². The standard InChI is InChI=1S/C12H11ClF3N3/c1-2-10-9(7-13)17-18-19(10)11-6-4-3-5-8(11)12(14,15)16/h3-6H,2,7H2,1H3. The van der Waals surface area contributed by atoms with Gasteiger partial charge in [-0.15, -0.1) is 16.7 Å². The molecule has 0 atom stereocenters. The highest BCUT2D eigenvalue weighted by Gasteiger charge is 2.34. The predicted octanol–water partition coefficient (Wildman–Crippen LogP) is 3.59. The Morgan fingerprint density at radius 1 is 1.26 bits per heavy atom. The molecule has 1 aromatic carbocycles. The molecule has 102 valence electrons. The largest absolute Gasteiger partial charge is 0.418 e. The first-order valence-corrected chi connectivity index (χ1v) is 6.18. The first kappa shape index (κ1) is 13.9. The van der Waals surface area contributed by atoms with Gasteiger partial charge in [-0.3, -0.25) is 0 Å². The van der Waals surface area contributed by atoms with E-state index < -0.39 is 11.7 Å². The van der Waals surface area contributed by atoms with Crippen LogP contribution in [0.3, 0.4) is 0 Å². The van der Waals surface area contributed by atoms with Crippen LogP contribution in [0.15, 0.2) is 24.3 Å². The van der Waals surface area contributed by atoms with E-state index in [0.29, 0.717) is 17.8 Å². The quantitative estimate of drug-likeness (QED) is 0.809. The first-order chi connectivity index (χ1) is 8.99. The molecule has 0 aliphatic carbocycles. The van der Waals surface area contributed by atoms with Gasteiger partial charge in [-0.25, -0.2) is 4.68 Å². The molecule has 0 N–H and O–H groups in total. The normalized spacial score (nSPS) is 11.8. The summed E-state index contributed by atoms with van der Waals surface area (Å²) in [5, 5.41) is 7.60. The fraction of sp³-hybridized carbons (Fsp3) is 0.333. The van der Waals surface area contributed by atoms with Gasteiger partial charge in [0, 0.05) is 0 Å². The molecule has 0 amide bonds. The number of halogens is 4. The Morgan fingerprint density at radius 3 is 2.53 bits per heavy atom. The van der Waals surface area contributed by atoms with Crippen molar-refractivity contribution in [2.75, 3.05) is 0 Å². The molecule has 0 radical (unpaired) electrons. The van der Waals surface area contributed by atoms with E-state index in [2.05, 4.69) is 10.3 Å². The van der Waals surface area contributed by atoms with Gasteiger partial charge in [0.05, 0.1) is 22.8 Å². The molecule has 2 aromatic rings. The zero-order chi connectivity index (χ0) is 14.0. The van der Waals surface area contributed by atoms with Crippen LogP contribution < -0.4 is 0 Å². The third-order valence-electron chi connectivity index (χ3n) is 2.74. The van der Waals surface area contributed by atoms with Gasteiger partial charge >= 0.3 is 6.18 Å². The van der Waals surface area contributed by atoms with E-state index in [1.165, 1.54) is 22.9 Å². The summed E-state index contributed by atoms with van der Waals surface area (Å²) in [6, 6.07) is 5.27. The number of hydrogen-bond acceptors (Lipinski definition) is 2. The first-order valence-electron chi connectivity index (χ1n) is 5.65. The van der Waals surface area contributed by atoms with Crippen molar-refractivity contribution in [3.8, 4) is 5.69 Å². The number of rotatable bonds is 3. The van der Waals surface area contributed by atoms with Gasteiger partial charge in [0.2, 0.25) is 0 Å². The lowest BCUT2D eigenvalue weighted by atomic mass is 10.1. The van der Waals surface area contributed by atoms with Crippen LogP contribution in [-0.2, 0) is 18.5 Å². The van der Waals surface area contributed by atoms with E-state index in [-0.39, 0.29) is 11.6 Å². The van der Waals surface area contributed by atoms with E-state index >= 15 is 0 Å². The summed E-state index contributed by atoms with van der Waals surface area (Å²) in [6.07, 6.45) is -3.93. The average molecular weight is 290 g/mol. The van der Waals surface area contributed by atoms with Crippen molar-refractivity contribution in [2.45, 2.75) is 25.4 Å². The maximum atomic E-state index is 13.0. The van der Waals surface area contributed by atoms with Gasteiger partial charge in [-0.2, -0.15) is 13.2 Å². The number of aromatic nitrogens is 3. The summed E-state index contributed by atoms with van der Waals surface area (Å²) in [7, 11) is 0. The van der Waals surface area contributed by atoms with E-state index in [9.17, 15) is 13.2 Å². The summed E-state index contributed by atoms with van der Waals surface area (Å²) in [6.45, 7) is 1.82. The monoisotopic (exact) mass is 289 g/mol. The second-order valence-corrected chi connectivity index (χ2v) is 4.16. The smallest absolute Gasteiger partial charge is 0.217 e. The Hall–Kier alpha value is -1.56. The van der Waals surface area contributed by atoms with Crippen LogP contribution in [0, 0.1) is 0 Å². The minimum atomic E-state index is -4.44. The van der Waals surface area contributed by atoms with Gasteiger partial charge < -0.3 is 0 Å². The summed E-state index contributed by atoms with van der Waals surface area (Å²) in [5.41, 5.74) is 0.319. The highest BCUT2D eigenvalue weighted by atomic mass is 35.5. The van der Waals surface area contributed by atoms with Crippen molar-refractivity contribution in [3.05, 3.63) is 41.2 Å². The second kappa shape index (κ2) is 5.21. The maximum absolute atomic E-state index is 13.0. The molecule has 0 bridgehead atoms. The van der Waals surface area contributed by atoms with Crippen LogP contribution in [0.2, 0.25) is 0 Å². The Bertz CT molecular complexity index is 578. The van der Waals surface area contributed by atoms with Crippen molar-refractivity contribution in [1.82, 2.24) is 15.0 Å². The zero-order valence-corrected chi connectivity index (χ0v) is 10.8. The Balaban J connectivity index is 2.63. The molecule has 0 fully saturated rings. The van der Waals surface area contributed by atoms with E-state index in [4.69, 9.17) is 11.6 Å². The molecule has 0 spiro atoms. The number of alkyl halides is 4. The Labute approximate surface area is 113 Å². The summed E-state index contributed by atoms with van der Waals surface area (Å²) >= 11 is 5.70. The lowest BCUT2D eigenvalue weighted by molar-refractivity contribution is -0.137. The van der Waals surface area contributed by atoms with Crippen LogP contribution in [0.25, 0.3) is 5.69 Å². The number of nitrogens with zero attached hydrogens (tertiary/aromatic N) is 3. The van der Waals surface area contributed by atoms with Gasteiger partial charge in [0.15, 0.2) is 0 Å². The average Bonchev–Trinajstić information content (AvgIpc) is 2.80. The molecule has 0 saturated carbocycles. The van der Waals surface area contributed by atoms with Crippen molar-refractivity contribution in [1.29, 1.82) is 0 Å². The van der Waals surface area contributed by atoms with Crippen molar-refractivity contribution in [3.63, 3.8) is 0 Å². The summed E-state index contributed by atoms with van der Waals surface area (Å²) in [4.78, 5) is 0.